The van der Waals surface area contributed by atoms with Crippen molar-refractivity contribution < 1.29 is 6.16 Å². The van der Waals surface area contributed by atoms with Crippen LogP contribution in [0, 0.1) is 0 Å². The minimum atomic E-state index is 0. The molecular formula is C11H19NO. The fourth-order valence-corrected chi connectivity index (χ4v) is 1.26. The van der Waals surface area contributed by atoms with Gasteiger partial charge in [0.05, 0.1) is 0 Å². The molecule has 0 amide bonds. The van der Waals surface area contributed by atoms with Crippen molar-refractivity contribution in [2.45, 2.75) is 19.8 Å². The lowest BCUT2D eigenvalue weighted by atomic mass is 10.1. The number of benzene rings is 1. The highest BCUT2D eigenvalue weighted by Crippen LogP contribution is 2.14. The van der Waals surface area contributed by atoms with Crippen LogP contribution in [0.3, 0.4) is 0 Å². The van der Waals surface area contributed by atoms with Crippen LogP contribution in [0.4, 0.5) is 0 Å². The smallest absolute Gasteiger partial charge is 0.119 e. The monoisotopic (exact) mass is 181 g/mol. The summed E-state index contributed by atoms with van der Waals surface area (Å²) in [4.78, 5) is 0. The van der Waals surface area contributed by atoms with E-state index in [2.05, 4.69) is 19.1 Å². The summed E-state index contributed by atoms with van der Waals surface area (Å²) in [6.07, 6.45) is 2.28. The molecule has 0 heterocycles. The molecule has 0 aliphatic carbocycles. The first-order valence-electron chi connectivity index (χ1n) is 4.78. The number of hydrogen-bond donors (Lipinski definition) is 1. The fraction of sp³-hybridized carbons (Fsp3) is 0.455. The Morgan fingerprint density at radius 2 is 2.31 bits per heavy atom. The average molecular weight is 181 g/mol. The van der Waals surface area contributed by atoms with Crippen LogP contribution in [0.25, 0.3) is 0 Å². The molecule has 0 aliphatic rings. The normalized spacial score (nSPS) is 10.0. The zero-order valence-electron chi connectivity index (χ0n) is 8.12. The molecule has 0 spiro atoms. The van der Waals surface area contributed by atoms with Crippen LogP contribution in [-0.4, -0.2) is 13.2 Å². The summed E-state index contributed by atoms with van der Waals surface area (Å²) in [6.45, 7) is 3.33. The minimum absolute atomic E-state index is 0. The van der Waals surface area contributed by atoms with E-state index < -0.39 is 0 Å². The standard InChI is InChI=1S/C11H17NO.H2/c1-2-4-10-5-3-6-11(9-10)13-8-7-12;/h3,5-6,9H,2,4,7-8,12H2,1H3;1H. The number of ether oxygens (including phenoxy) is 1. The van der Waals surface area contributed by atoms with Crippen molar-refractivity contribution in [3.8, 4) is 5.75 Å². The van der Waals surface area contributed by atoms with E-state index in [4.69, 9.17) is 10.5 Å². The summed E-state index contributed by atoms with van der Waals surface area (Å²) < 4.78 is 5.42. The Morgan fingerprint density at radius 1 is 1.46 bits per heavy atom. The van der Waals surface area contributed by atoms with Gasteiger partial charge in [-0.1, -0.05) is 25.5 Å². The molecule has 2 heteroatoms. The summed E-state index contributed by atoms with van der Waals surface area (Å²) in [5, 5.41) is 0. The zero-order chi connectivity index (χ0) is 9.52. The van der Waals surface area contributed by atoms with Gasteiger partial charge in [-0.05, 0) is 24.1 Å². The third-order valence-corrected chi connectivity index (χ3v) is 1.82. The summed E-state index contributed by atoms with van der Waals surface area (Å²) in [5.41, 5.74) is 6.68. The molecule has 0 unspecified atom stereocenters. The molecule has 0 atom stereocenters. The molecule has 0 fully saturated rings. The molecule has 0 aliphatic heterocycles. The van der Waals surface area contributed by atoms with Crippen molar-refractivity contribution >= 4 is 0 Å². The first kappa shape index (κ1) is 10.1. The Kier molecular flexibility index (Phi) is 4.33. The van der Waals surface area contributed by atoms with Crippen molar-refractivity contribution in [2.75, 3.05) is 13.2 Å². The third-order valence-electron chi connectivity index (χ3n) is 1.82. The molecule has 0 saturated heterocycles. The van der Waals surface area contributed by atoms with Crippen molar-refractivity contribution in [2.24, 2.45) is 5.73 Å². The number of nitrogens with two attached hydrogens (primary N) is 1. The van der Waals surface area contributed by atoms with Crippen LogP contribution in [-0.2, 0) is 6.42 Å². The molecule has 13 heavy (non-hydrogen) atoms. The maximum Gasteiger partial charge on any atom is 0.119 e. The van der Waals surface area contributed by atoms with Crippen molar-refractivity contribution in [1.29, 1.82) is 0 Å². The first-order chi connectivity index (χ1) is 6.36. The minimum Gasteiger partial charge on any atom is -0.492 e. The molecule has 1 aromatic rings. The number of aryl methyl sites for hydroxylation is 1. The van der Waals surface area contributed by atoms with Gasteiger partial charge in [0.15, 0.2) is 0 Å². The number of rotatable bonds is 5. The lowest BCUT2D eigenvalue weighted by Gasteiger charge is -2.05. The fourth-order valence-electron chi connectivity index (χ4n) is 1.26. The Morgan fingerprint density at radius 3 is 3.00 bits per heavy atom. The second kappa shape index (κ2) is 5.60. The highest BCUT2D eigenvalue weighted by atomic mass is 16.5. The summed E-state index contributed by atoms with van der Waals surface area (Å²) in [6, 6.07) is 8.20. The summed E-state index contributed by atoms with van der Waals surface area (Å²) >= 11 is 0. The molecule has 2 N–H and O–H groups in total. The van der Waals surface area contributed by atoms with Gasteiger partial charge in [0.2, 0.25) is 0 Å². The number of hydrogen-bond acceptors (Lipinski definition) is 2. The second-order valence-electron chi connectivity index (χ2n) is 3.03. The largest absolute Gasteiger partial charge is 0.492 e. The van der Waals surface area contributed by atoms with Gasteiger partial charge in [0.25, 0.3) is 0 Å². The van der Waals surface area contributed by atoms with Gasteiger partial charge in [0.1, 0.15) is 12.4 Å². The van der Waals surface area contributed by atoms with Gasteiger partial charge in [-0.15, -0.1) is 0 Å². The molecule has 0 saturated carbocycles. The van der Waals surface area contributed by atoms with Gasteiger partial charge in [0, 0.05) is 7.97 Å². The molecule has 0 aromatic heterocycles. The highest BCUT2D eigenvalue weighted by Gasteiger charge is 1.94. The zero-order valence-corrected chi connectivity index (χ0v) is 8.12. The molecule has 1 aromatic carbocycles. The van der Waals surface area contributed by atoms with E-state index in [-0.39, 0.29) is 1.43 Å². The highest BCUT2D eigenvalue weighted by molar-refractivity contribution is 5.28. The van der Waals surface area contributed by atoms with Crippen LogP contribution in [0.1, 0.15) is 20.3 Å². The summed E-state index contributed by atoms with van der Waals surface area (Å²) in [5.74, 6) is 0.927. The van der Waals surface area contributed by atoms with E-state index >= 15 is 0 Å². The Balaban J connectivity index is 0.00000169. The SMILES string of the molecule is CCCc1cccc(OCCN)c1.[HH]. The van der Waals surface area contributed by atoms with E-state index in [1.54, 1.807) is 0 Å². The van der Waals surface area contributed by atoms with E-state index in [1.807, 2.05) is 12.1 Å². The van der Waals surface area contributed by atoms with E-state index in [9.17, 15) is 0 Å². The van der Waals surface area contributed by atoms with Gasteiger partial charge >= 0.3 is 0 Å². The van der Waals surface area contributed by atoms with Gasteiger partial charge in [-0.3, -0.25) is 0 Å². The van der Waals surface area contributed by atoms with Gasteiger partial charge in [-0.2, -0.15) is 0 Å². The van der Waals surface area contributed by atoms with Gasteiger partial charge in [-0.25, -0.2) is 0 Å². The molecule has 2 nitrogen and oxygen atoms in total. The van der Waals surface area contributed by atoms with Crippen LogP contribution in [0.15, 0.2) is 24.3 Å². The third kappa shape index (κ3) is 3.47. The van der Waals surface area contributed by atoms with Crippen molar-refractivity contribution in [1.82, 2.24) is 0 Å². The van der Waals surface area contributed by atoms with Gasteiger partial charge < -0.3 is 10.5 Å². The lowest BCUT2D eigenvalue weighted by Crippen LogP contribution is -2.10. The Bertz CT molecular complexity index is 253. The second-order valence-corrected chi connectivity index (χ2v) is 3.03. The molecule has 0 bridgehead atoms. The lowest BCUT2D eigenvalue weighted by molar-refractivity contribution is 0.328. The summed E-state index contributed by atoms with van der Waals surface area (Å²) in [7, 11) is 0. The molecule has 74 valence electrons. The average Bonchev–Trinajstić information content (AvgIpc) is 2.16. The predicted octanol–water partition coefficient (Wildman–Crippen LogP) is 2.22. The Hall–Kier alpha value is -1.02. The Labute approximate surface area is 81.2 Å². The molecular weight excluding hydrogens is 162 g/mol. The molecule has 0 radical (unpaired) electrons. The first-order valence-corrected chi connectivity index (χ1v) is 4.78. The van der Waals surface area contributed by atoms with Crippen LogP contribution >= 0.6 is 0 Å². The quantitative estimate of drug-likeness (QED) is 0.756. The predicted molar refractivity (Wildman–Crippen MR) is 57.1 cm³/mol. The van der Waals surface area contributed by atoms with Crippen molar-refractivity contribution in [3.63, 3.8) is 0 Å². The van der Waals surface area contributed by atoms with Crippen LogP contribution in [0.5, 0.6) is 5.75 Å². The topological polar surface area (TPSA) is 35.2 Å². The molecule has 1 rings (SSSR count). The van der Waals surface area contributed by atoms with E-state index in [0.717, 1.165) is 12.2 Å². The van der Waals surface area contributed by atoms with E-state index in [0.29, 0.717) is 13.2 Å². The maximum absolute atomic E-state index is 5.42. The van der Waals surface area contributed by atoms with E-state index in [1.165, 1.54) is 12.0 Å². The van der Waals surface area contributed by atoms with Crippen LogP contribution in [0.2, 0.25) is 0 Å². The van der Waals surface area contributed by atoms with Crippen LogP contribution < -0.4 is 10.5 Å². The van der Waals surface area contributed by atoms with Crippen molar-refractivity contribution in [3.05, 3.63) is 29.8 Å². The maximum atomic E-state index is 5.42.